The van der Waals surface area contributed by atoms with Crippen LogP contribution in [0.2, 0.25) is 0 Å². The number of ether oxygens (including phenoxy) is 1. The van der Waals surface area contributed by atoms with Crippen molar-refractivity contribution in [3.8, 4) is 11.8 Å². The summed E-state index contributed by atoms with van der Waals surface area (Å²) in [6, 6.07) is 7.96. The second kappa shape index (κ2) is 6.27. The van der Waals surface area contributed by atoms with Crippen LogP contribution < -0.4 is 10.5 Å². The van der Waals surface area contributed by atoms with Gasteiger partial charge < -0.3 is 10.5 Å². The van der Waals surface area contributed by atoms with E-state index in [1.54, 1.807) is 7.11 Å². The van der Waals surface area contributed by atoms with Gasteiger partial charge in [0.25, 0.3) is 0 Å². The van der Waals surface area contributed by atoms with E-state index < -0.39 is 0 Å². The fourth-order valence-corrected chi connectivity index (χ4v) is 1.94. The lowest BCUT2D eigenvalue weighted by Gasteiger charge is -2.18. The number of rotatable bonds is 5. The molecule has 2 N–H and O–H groups in total. The Morgan fingerprint density at radius 3 is 2.59 bits per heavy atom. The number of aryl methyl sites for hydroxylation is 1. The minimum Gasteiger partial charge on any atom is -0.496 e. The van der Waals surface area contributed by atoms with E-state index in [1.807, 2.05) is 25.1 Å². The molecule has 3 heteroatoms. The molecule has 1 aromatic carbocycles. The van der Waals surface area contributed by atoms with E-state index in [4.69, 9.17) is 15.7 Å². The van der Waals surface area contributed by atoms with Gasteiger partial charge in [-0.1, -0.05) is 26.0 Å². The molecule has 0 aliphatic carbocycles. The third-order valence-corrected chi connectivity index (χ3v) is 3.11. The topological polar surface area (TPSA) is 59.0 Å². The largest absolute Gasteiger partial charge is 0.496 e. The van der Waals surface area contributed by atoms with Crippen LogP contribution >= 0.6 is 0 Å². The summed E-state index contributed by atoms with van der Waals surface area (Å²) in [5.74, 6) is 0.751. The Bertz CT molecular complexity index is 409. The number of hydrogen-bond donors (Lipinski definition) is 1. The predicted molar refractivity (Wildman–Crippen MR) is 68.7 cm³/mol. The molecule has 2 unspecified atom stereocenters. The van der Waals surface area contributed by atoms with Gasteiger partial charge in [-0.2, -0.15) is 5.26 Å². The standard InChI is InChI=1S/C14H20N2O/c1-4-10-8-12(6-7-13(10)17-3)14(16)11(5-2)9-15/h6-8,11,14H,4-5,16H2,1-3H3. The number of methoxy groups -OCH3 is 1. The summed E-state index contributed by atoms with van der Waals surface area (Å²) in [4.78, 5) is 0. The number of hydrogen-bond acceptors (Lipinski definition) is 3. The van der Waals surface area contributed by atoms with Crippen LogP contribution in [0.3, 0.4) is 0 Å². The second-order valence-corrected chi connectivity index (χ2v) is 4.09. The van der Waals surface area contributed by atoms with Gasteiger partial charge in [0.05, 0.1) is 19.1 Å². The summed E-state index contributed by atoms with van der Waals surface area (Å²) >= 11 is 0. The maximum Gasteiger partial charge on any atom is 0.122 e. The number of nitriles is 1. The smallest absolute Gasteiger partial charge is 0.122 e. The molecule has 0 aliphatic rings. The first-order valence-corrected chi connectivity index (χ1v) is 5.99. The summed E-state index contributed by atoms with van der Waals surface area (Å²) in [5, 5.41) is 9.03. The van der Waals surface area contributed by atoms with Gasteiger partial charge in [-0.05, 0) is 30.0 Å². The Morgan fingerprint density at radius 1 is 1.41 bits per heavy atom. The first kappa shape index (κ1) is 13.5. The molecule has 0 fully saturated rings. The van der Waals surface area contributed by atoms with Gasteiger partial charge >= 0.3 is 0 Å². The van der Waals surface area contributed by atoms with Crippen LogP contribution in [0.5, 0.6) is 5.75 Å². The fourth-order valence-electron chi connectivity index (χ4n) is 1.94. The monoisotopic (exact) mass is 232 g/mol. The zero-order valence-corrected chi connectivity index (χ0v) is 10.7. The zero-order valence-electron chi connectivity index (χ0n) is 10.7. The molecule has 0 saturated carbocycles. The SMILES string of the molecule is CCc1cc(C(N)C(C#N)CC)ccc1OC. The van der Waals surface area contributed by atoms with Crippen LogP contribution in [-0.4, -0.2) is 7.11 Å². The summed E-state index contributed by atoms with van der Waals surface area (Å²) in [6.07, 6.45) is 1.66. The van der Waals surface area contributed by atoms with Crippen LogP contribution in [-0.2, 0) is 6.42 Å². The first-order chi connectivity index (χ1) is 8.17. The molecule has 0 radical (unpaired) electrons. The average Bonchev–Trinajstić information content (AvgIpc) is 2.39. The molecule has 0 amide bonds. The molecule has 0 aromatic heterocycles. The van der Waals surface area contributed by atoms with Gasteiger partial charge in [0.1, 0.15) is 5.75 Å². The van der Waals surface area contributed by atoms with E-state index in [2.05, 4.69) is 13.0 Å². The summed E-state index contributed by atoms with van der Waals surface area (Å²) in [6.45, 7) is 4.06. The van der Waals surface area contributed by atoms with Gasteiger partial charge in [0, 0.05) is 6.04 Å². The van der Waals surface area contributed by atoms with E-state index in [9.17, 15) is 0 Å². The lowest BCUT2D eigenvalue weighted by Crippen LogP contribution is -2.19. The number of nitrogens with zero attached hydrogens (tertiary/aromatic N) is 1. The third kappa shape index (κ3) is 2.98. The quantitative estimate of drug-likeness (QED) is 0.849. The van der Waals surface area contributed by atoms with Crippen LogP contribution in [0.15, 0.2) is 18.2 Å². The van der Waals surface area contributed by atoms with Crippen LogP contribution in [0, 0.1) is 17.2 Å². The maximum absolute atomic E-state index is 9.03. The van der Waals surface area contributed by atoms with Crippen LogP contribution in [0.25, 0.3) is 0 Å². The molecule has 0 aliphatic heterocycles. The van der Waals surface area contributed by atoms with Crippen molar-refractivity contribution in [2.24, 2.45) is 11.7 Å². The van der Waals surface area contributed by atoms with Crippen molar-refractivity contribution in [2.75, 3.05) is 7.11 Å². The molecule has 0 saturated heterocycles. The summed E-state index contributed by atoms with van der Waals surface area (Å²) in [7, 11) is 1.66. The molecule has 2 atom stereocenters. The molecule has 3 nitrogen and oxygen atoms in total. The van der Waals surface area contributed by atoms with Crippen LogP contribution in [0.1, 0.15) is 37.4 Å². The summed E-state index contributed by atoms with van der Waals surface area (Å²) in [5.41, 5.74) is 8.25. The highest BCUT2D eigenvalue weighted by Gasteiger charge is 2.18. The lowest BCUT2D eigenvalue weighted by atomic mass is 9.91. The van der Waals surface area contributed by atoms with Crippen molar-refractivity contribution in [3.05, 3.63) is 29.3 Å². The van der Waals surface area contributed by atoms with Gasteiger partial charge in [-0.25, -0.2) is 0 Å². The molecule has 1 rings (SSSR count). The van der Waals surface area contributed by atoms with E-state index in [-0.39, 0.29) is 12.0 Å². The maximum atomic E-state index is 9.03. The number of benzene rings is 1. The van der Waals surface area contributed by atoms with Crippen molar-refractivity contribution in [2.45, 2.75) is 32.7 Å². The molecule has 1 aromatic rings. The van der Waals surface area contributed by atoms with Crippen molar-refractivity contribution < 1.29 is 4.74 Å². The molecule has 92 valence electrons. The van der Waals surface area contributed by atoms with Gasteiger partial charge in [0.2, 0.25) is 0 Å². The van der Waals surface area contributed by atoms with Gasteiger partial charge in [-0.3, -0.25) is 0 Å². The van der Waals surface area contributed by atoms with E-state index >= 15 is 0 Å². The molecule has 0 bridgehead atoms. The Labute approximate surface area is 103 Å². The molecule has 17 heavy (non-hydrogen) atoms. The highest BCUT2D eigenvalue weighted by atomic mass is 16.5. The Hall–Kier alpha value is -1.53. The van der Waals surface area contributed by atoms with Crippen molar-refractivity contribution >= 4 is 0 Å². The predicted octanol–water partition coefficient (Wildman–Crippen LogP) is 2.81. The van der Waals surface area contributed by atoms with Crippen molar-refractivity contribution in [3.63, 3.8) is 0 Å². The molecule has 0 spiro atoms. The van der Waals surface area contributed by atoms with E-state index in [1.165, 1.54) is 0 Å². The van der Waals surface area contributed by atoms with Gasteiger partial charge in [0.15, 0.2) is 0 Å². The highest BCUT2D eigenvalue weighted by Crippen LogP contribution is 2.27. The minimum atomic E-state index is -0.221. The normalized spacial score (nSPS) is 13.8. The Kier molecular flexibility index (Phi) is 4.99. The van der Waals surface area contributed by atoms with Crippen LogP contribution in [0.4, 0.5) is 0 Å². The Balaban J connectivity index is 3.03. The Morgan fingerprint density at radius 2 is 2.12 bits per heavy atom. The van der Waals surface area contributed by atoms with Crippen molar-refractivity contribution in [1.82, 2.24) is 0 Å². The lowest BCUT2D eigenvalue weighted by molar-refractivity contribution is 0.409. The molecule has 0 heterocycles. The van der Waals surface area contributed by atoms with E-state index in [0.29, 0.717) is 0 Å². The second-order valence-electron chi connectivity index (χ2n) is 4.09. The molecular formula is C14H20N2O. The highest BCUT2D eigenvalue weighted by molar-refractivity contribution is 5.38. The average molecular weight is 232 g/mol. The van der Waals surface area contributed by atoms with Crippen molar-refractivity contribution in [1.29, 1.82) is 5.26 Å². The third-order valence-electron chi connectivity index (χ3n) is 3.11. The first-order valence-electron chi connectivity index (χ1n) is 5.99. The van der Waals surface area contributed by atoms with Gasteiger partial charge in [-0.15, -0.1) is 0 Å². The minimum absolute atomic E-state index is 0.131. The van der Waals surface area contributed by atoms with E-state index in [0.717, 1.165) is 29.7 Å². The zero-order chi connectivity index (χ0) is 12.8. The molecular weight excluding hydrogens is 212 g/mol. The summed E-state index contributed by atoms with van der Waals surface area (Å²) < 4.78 is 5.28. The number of nitrogens with two attached hydrogens (primary N) is 1. The fraction of sp³-hybridized carbons (Fsp3) is 0.500.